The second-order valence-corrected chi connectivity index (χ2v) is 4.45. The van der Waals surface area contributed by atoms with Crippen molar-refractivity contribution in [3.05, 3.63) is 47.6 Å². The van der Waals surface area contributed by atoms with Crippen LogP contribution in [0.25, 0.3) is 0 Å². The molecule has 0 bridgehead atoms. The molecular formula is C17H20FN3O. The summed E-state index contributed by atoms with van der Waals surface area (Å²) in [7, 11) is 0. The first kappa shape index (κ1) is 17.3. The number of allylic oxidation sites excluding steroid dienone is 1. The maximum Gasteiger partial charge on any atom is 0.149 e. The fourth-order valence-corrected chi connectivity index (χ4v) is 1.70. The van der Waals surface area contributed by atoms with Crippen molar-refractivity contribution in [2.45, 2.75) is 20.8 Å². The zero-order chi connectivity index (χ0) is 16.5. The third-order valence-corrected chi connectivity index (χ3v) is 2.68. The molecular weight excluding hydrogens is 281 g/mol. The second-order valence-electron chi connectivity index (χ2n) is 4.45. The average Bonchev–Trinajstić information content (AvgIpc) is 2.48. The first-order chi connectivity index (χ1) is 10.5. The summed E-state index contributed by atoms with van der Waals surface area (Å²) in [6.45, 7) is 5.95. The van der Waals surface area contributed by atoms with Crippen LogP contribution >= 0.6 is 0 Å². The first-order valence-corrected chi connectivity index (χ1v) is 6.76. The maximum absolute atomic E-state index is 13.4. The topological polar surface area (TPSA) is 50.8 Å². The van der Waals surface area contributed by atoms with Gasteiger partial charge in [-0.2, -0.15) is 5.10 Å². The van der Waals surface area contributed by atoms with Gasteiger partial charge in [-0.05, 0) is 44.6 Å². The highest BCUT2D eigenvalue weighted by molar-refractivity contribution is 5.53. The van der Waals surface area contributed by atoms with E-state index in [2.05, 4.69) is 17.4 Å². The van der Waals surface area contributed by atoms with E-state index in [-0.39, 0.29) is 5.69 Å². The van der Waals surface area contributed by atoms with Crippen molar-refractivity contribution in [1.29, 1.82) is 0 Å². The van der Waals surface area contributed by atoms with E-state index in [9.17, 15) is 4.39 Å². The Labute approximate surface area is 130 Å². The number of hydrazone groups is 1. The Morgan fingerprint density at radius 1 is 1.50 bits per heavy atom. The van der Waals surface area contributed by atoms with Gasteiger partial charge in [0, 0.05) is 18.5 Å². The molecule has 116 valence electrons. The summed E-state index contributed by atoms with van der Waals surface area (Å²) in [6, 6.07) is 2.86. The molecule has 1 aliphatic heterocycles. The van der Waals surface area contributed by atoms with E-state index in [0.717, 1.165) is 5.56 Å². The lowest BCUT2D eigenvalue weighted by Gasteiger charge is -2.18. The zero-order valence-electron chi connectivity index (χ0n) is 13.0. The van der Waals surface area contributed by atoms with Gasteiger partial charge < -0.3 is 10.5 Å². The fraction of sp³-hybridized carbons (Fsp3) is 0.235. The lowest BCUT2D eigenvalue weighted by Crippen LogP contribution is -2.14. The molecule has 22 heavy (non-hydrogen) atoms. The number of halogens is 1. The van der Waals surface area contributed by atoms with Gasteiger partial charge in [0.1, 0.15) is 17.3 Å². The number of hydrogen-bond acceptors (Lipinski definition) is 4. The molecule has 0 amide bonds. The maximum atomic E-state index is 13.4. The molecule has 0 atom stereocenters. The monoisotopic (exact) mass is 301 g/mol. The molecule has 2 rings (SSSR count). The number of rotatable bonds is 3. The van der Waals surface area contributed by atoms with Crippen molar-refractivity contribution in [2.24, 2.45) is 5.10 Å². The van der Waals surface area contributed by atoms with Crippen LogP contribution in [0.5, 0.6) is 5.75 Å². The molecule has 0 saturated carbocycles. The van der Waals surface area contributed by atoms with Gasteiger partial charge in [-0.1, -0.05) is 0 Å². The Bertz CT molecular complexity index is 642. The fourth-order valence-electron chi connectivity index (χ4n) is 1.70. The predicted molar refractivity (Wildman–Crippen MR) is 88.8 cm³/mol. The molecule has 0 fully saturated rings. The molecule has 2 N–H and O–H groups in total. The molecule has 1 aliphatic rings. The quantitative estimate of drug-likeness (QED) is 0.528. The third kappa shape index (κ3) is 4.98. The van der Waals surface area contributed by atoms with E-state index in [0.29, 0.717) is 18.1 Å². The molecule has 0 unspecified atom stereocenters. The van der Waals surface area contributed by atoms with E-state index in [1.807, 2.05) is 19.9 Å². The predicted octanol–water partition coefficient (Wildman–Crippen LogP) is 3.45. The Morgan fingerprint density at radius 3 is 2.73 bits per heavy atom. The van der Waals surface area contributed by atoms with Crippen molar-refractivity contribution in [2.75, 3.05) is 12.3 Å². The van der Waals surface area contributed by atoms with Gasteiger partial charge in [-0.3, -0.25) is 5.01 Å². The SMILES string of the molecule is C#CC.C/C=N\N1C=CC(Oc2cc(F)c(N)cc2C)=CC1. The molecule has 0 spiro atoms. The minimum Gasteiger partial charge on any atom is -0.457 e. The van der Waals surface area contributed by atoms with Gasteiger partial charge in [0.25, 0.3) is 0 Å². The second kappa shape index (κ2) is 8.53. The molecule has 5 heteroatoms. The Hall–Kier alpha value is -2.74. The van der Waals surface area contributed by atoms with Crippen LogP contribution in [0, 0.1) is 25.1 Å². The number of hydrogen-bond donors (Lipinski definition) is 1. The van der Waals surface area contributed by atoms with Crippen LogP contribution in [0.1, 0.15) is 19.4 Å². The average molecular weight is 301 g/mol. The number of terminal acetylenes is 1. The Kier molecular flexibility index (Phi) is 6.71. The van der Waals surface area contributed by atoms with Gasteiger partial charge in [-0.15, -0.1) is 12.3 Å². The van der Waals surface area contributed by atoms with Crippen LogP contribution in [-0.4, -0.2) is 17.8 Å². The summed E-state index contributed by atoms with van der Waals surface area (Å²) in [4.78, 5) is 0. The number of anilines is 1. The molecule has 1 aromatic rings. The van der Waals surface area contributed by atoms with Crippen LogP contribution in [0.2, 0.25) is 0 Å². The summed E-state index contributed by atoms with van der Waals surface area (Å²) < 4.78 is 19.1. The minimum absolute atomic E-state index is 0.126. The Balaban J connectivity index is 0.000000745. The number of benzene rings is 1. The van der Waals surface area contributed by atoms with E-state index < -0.39 is 5.82 Å². The molecule has 0 radical (unpaired) electrons. The van der Waals surface area contributed by atoms with Gasteiger partial charge in [0.05, 0.1) is 12.2 Å². The molecule has 0 aromatic heterocycles. The molecule has 1 aromatic carbocycles. The van der Waals surface area contributed by atoms with Crippen molar-refractivity contribution in [1.82, 2.24) is 5.01 Å². The lowest BCUT2D eigenvalue weighted by atomic mass is 10.2. The number of aryl methyl sites for hydroxylation is 1. The molecule has 0 aliphatic carbocycles. The Morgan fingerprint density at radius 2 is 2.18 bits per heavy atom. The standard InChI is InChI=1S/C14H16FN3O.C3H4/c1-3-17-18-6-4-11(5-7-18)19-14-9-12(15)13(16)8-10(14)2;1-3-2/h3-6,8-9H,7,16H2,1-2H3;1H,2H3/b17-3-;. The first-order valence-electron chi connectivity index (χ1n) is 6.76. The van der Waals surface area contributed by atoms with Crippen LogP contribution in [-0.2, 0) is 0 Å². The van der Waals surface area contributed by atoms with Crippen LogP contribution in [0.15, 0.2) is 41.3 Å². The summed E-state index contributed by atoms with van der Waals surface area (Å²) in [5.41, 5.74) is 6.41. The lowest BCUT2D eigenvalue weighted by molar-refractivity contribution is 0.392. The normalized spacial score (nSPS) is 13.2. The van der Waals surface area contributed by atoms with Crippen molar-refractivity contribution < 1.29 is 9.13 Å². The minimum atomic E-state index is -0.474. The third-order valence-electron chi connectivity index (χ3n) is 2.68. The summed E-state index contributed by atoms with van der Waals surface area (Å²) in [5.74, 6) is 2.91. The summed E-state index contributed by atoms with van der Waals surface area (Å²) in [6.07, 6.45) is 11.8. The van der Waals surface area contributed by atoms with Crippen LogP contribution in [0.3, 0.4) is 0 Å². The number of ether oxygens (including phenoxy) is 1. The molecule has 0 saturated heterocycles. The molecule has 1 heterocycles. The highest BCUT2D eigenvalue weighted by Crippen LogP contribution is 2.26. The van der Waals surface area contributed by atoms with E-state index >= 15 is 0 Å². The van der Waals surface area contributed by atoms with Gasteiger partial charge in [0.2, 0.25) is 0 Å². The van der Waals surface area contributed by atoms with Gasteiger partial charge in [0.15, 0.2) is 0 Å². The van der Waals surface area contributed by atoms with E-state index in [1.165, 1.54) is 6.07 Å². The number of nitrogens with zero attached hydrogens (tertiary/aromatic N) is 2. The highest BCUT2D eigenvalue weighted by Gasteiger charge is 2.09. The summed E-state index contributed by atoms with van der Waals surface area (Å²) >= 11 is 0. The van der Waals surface area contributed by atoms with E-state index in [1.54, 1.807) is 36.5 Å². The number of nitrogens with two attached hydrogens (primary N) is 1. The molecule has 4 nitrogen and oxygen atoms in total. The largest absolute Gasteiger partial charge is 0.457 e. The van der Waals surface area contributed by atoms with Crippen LogP contribution in [0.4, 0.5) is 10.1 Å². The smallest absolute Gasteiger partial charge is 0.149 e. The number of nitrogen functional groups attached to an aromatic ring is 1. The zero-order valence-corrected chi connectivity index (χ0v) is 13.0. The van der Waals surface area contributed by atoms with Crippen molar-refractivity contribution in [3.8, 4) is 18.1 Å². The van der Waals surface area contributed by atoms with Crippen molar-refractivity contribution in [3.63, 3.8) is 0 Å². The van der Waals surface area contributed by atoms with Crippen molar-refractivity contribution >= 4 is 11.9 Å². The summed E-state index contributed by atoms with van der Waals surface area (Å²) in [5, 5.41) is 5.88. The van der Waals surface area contributed by atoms with E-state index in [4.69, 9.17) is 10.5 Å². The van der Waals surface area contributed by atoms with Crippen LogP contribution < -0.4 is 10.5 Å². The van der Waals surface area contributed by atoms with Gasteiger partial charge in [-0.25, -0.2) is 4.39 Å². The van der Waals surface area contributed by atoms with Gasteiger partial charge >= 0.3 is 0 Å². The highest BCUT2D eigenvalue weighted by atomic mass is 19.1.